The molecule has 1 amide bonds. The highest BCUT2D eigenvalue weighted by molar-refractivity contribution is 7.16. The number of amides is 1. The van der Waals surface area contributed by atoms with Crippen LogP contribution in [0.1, 0.15) is 25.6 Å². The summed E-state index contributed by atoms with van der Waals surface area (Å²) in [6, 6.07) is 3.98. The number of nitrogens with two attached hydrogens (primary N) is 1. The number of aromatic nitrogens is 1. The van der Waals surface area contributed by atoms with Crippen LogP contribution in [-0.4, -0.2) is 36.1 Å². The highest BCUT2D eigenvalue weighted by Crippen LogP contribution is 2.31. The van der Waals surface area contributed by atoms with Crippen LogP contribution in [-0.2, 0) is 16.1 Å². The Labute approximate surface area is 155 Å². The predicted octanol–water partition coefficient (Wildman–Crippen LogP) is 2.47. The van der Waals surface area contributed by atoms with Crippen LogP contribution < -0.4 is 16.4 Å². The van der Waals surface area contributed by atoms with Crippen LogP contribution in [0.15, 0.2) is 22.5 Å². The quantitative estimate of drug-likeness (QED) is 0.370. The Balaban J connectivity index is 1.90. The molecule has 0 saturated carbocycles. The molecule has 136 valence electrons. The van der Waals surface area contributed by atoms with E-state index < -0.39 is 0 Å². The summed E-state index contributed by atoms with van der Waals surface area (Å²) in [6.07, 6.45) is 0.197. The maximum absolute atomic E-state index is 11.0. The van der Waals surface area contributed by atoms with Crippen molar-refractivity contribution in [2.45, 2.75) is 33.4 Å². The van der Waals surface area contributed by atoms with Crippen LogP contribution in [0, 0.1) is 0 Å². The van der Waals surface area contributed by atoms with E-state index in [4.69, 9.17) is 10.5 Å². The van der Waals surface area contributed by atoms with Crippen molar-refractivity contribution in [2.24, 2.45) is 10.7 Å². The Morgan fingerprint density at radius 2 is 2.20 bits per heavy atom. The van der Waals surface area contributed by atoms with Gasteiger partial charge in [0.1, 0.15) is 0 Å². The van der Waals surface area contributed by atoms with Gasteiger partial charge in [-0.25, -0.2) is 4.98 Å². The molecular formula is C16H23N5O2S2. The fourth-order valence-electron chi connectivity index (χ4n) is 1.87. The van der Waals surface area contributed by atoms with Gasteiger partial charge in [-0.1, -0.05) is 0 Å². The van der Waals surface area contributed by atoms with Gasteiger partial charge in [0.05, 0.1) is 29.8 Å². The van der Waals surface area contributed by atoms with E-state index in [0.717, 1.165) is 15.4 Å². The first-order chi connectivity index (χ1) is 11.9. The van der Waals surface area contributed by atoms with E-state index in [-0.39, 0.29) is 12.0 Å². The second-order valence-electron chi connectivity index (χ2n) is 5.53. The number of carbonyl (C=O) groups is 1. The average molecular weight is 382 g/mol. The summed E-state index contributed by atoms with van der Waals surface area (Å²) in [5.74, 6) is 0.285. The van der Waals surface area contributed by atoms with Gasteiger partial charge in [0.2, 0.25) is 11.0 Å². The zero-order chi connectivity index (χ0) is 18.2. The van der Waals surface area contributed by atoms with Crippen molar-refractivity contribution in [3.8, 4) is 10.6 Å². The first kappa shape index (κ1) is 19.4. The first-order valence-corrected chi connectivity index (χ1v) is 9.62. The second kappa shape index (κ2) is 9.50. The lowest BCUT2D eigenvalue weighted by molar-refractivity contribution is -0.119. The lowest BCUT2D eigenvalue weighted by Crippen LogP contribution is -2.34. The largest absolute Gasteiger partial charge is 0.377 e. The van der Waals surface area contributed by atoms with Crippen LogP contribution in [0.2, 0.25) is 0 Å². The molecule has 0 aliphatic heterocycles. The van der Waals surface area contributed by atoms with Gasteiger partial charge in [-0.15, -0.1) is 22.7 Å². The summed E-state index contributed by atoms with van der Waals surface area (Å²) < 4.78 is 5.43. The summed E-state index contributed by atoms with van der Waals surface area (Å²) in [6.45, 7) is 7.19. The number of ether oxygens (including phenoxy) is 1. The molecule has 7 nitrogen and oxygen atoms in total. The minimum absolute atomic E-state index is 0.0398. The lowest BCUT2D eigenvalue weighted by atomic mass is 10.3. The third-order valence-electron chi connectivity index (χ3n) is 2.99. The Bertz CT molecular complexity index is 724. The van der Waals surface area contributed by atoms with Gasteiger partial charge >= 0.3 is 0 Å². The fourth-order valence-corrected chi connectivity index (χ4v) is 3.55. The van der Waals surface area contributed by atoms with Crippen molar-refractivity contribution in [2.75, 3.05) is 13.2 Å². The van der Waals surface area contributed by atoms with Gasteiger partial charge in [0, 0.05) is 23.7 Å². The number of guanidine groups is 1. The Kier molecular flexibility index (Phi) is 7.35. The summed E-state index contributed by atoms with van der Waals surface area (Å²) in [4.78, 5) is 21.8. The lowest BCUT2D eigenvalue weighted by Gasteiger charge is -2.08. The molecule has 0 aliphatic rings. The molecule has 2 rings (SSSR count). The number of thiophene rings is 1. The van der Waals surface area contributed by atoms with Crippen LogP contribution in [0.5, 0.6) is 0 Å². The molecule has 0 fully saturated rings. The molecule has 0 aromatic carbocycles. The van der Waals surface area contributed by atoms with Gasteiger partial charge in [-0.05, 0) is 26.0 Å². The Morgan fingerprint density at radius 3 is 2.92 bits per heavy atom. The third kappa shape index (κ3) is 6.81. The van der Waals surface area contributed by atoms with Crippen LogP contribution in [0.3, 0.4) is 0 Å². The number of hydrogen-bond acceptors (Lipinski definition) is 6. The smallest absolute Gasteiger partial charge is 0.217 e. The van der Waals surface area contributed by atoms with E-state index >= 15 is 0 Å². The van der Waals surface area contributed by atoms with Crippen molar-refractivity contribution in [1.82, 2.24) is 15.6 Å². The molecule has 0 atom stereocenters. The highest BCUT2D eigenvalue weighted by Gasteiger charge is 2.08. The molecule has 2 aromatic rings. The first-order valence-electron chi connectivity index (χ1n) is 7.92. The van der Waals surface area contributed by atoms with Gasteiger partial charge < -0.3 is 21.1 Å². The number of nitrogens with one attached hydrogen (secondary N) is 2. The number of nitrogens with zero attached hydrogens (tertiary/aromatic N) is 2. The number of thiazole rings is 1. The highest BCUT2D eigenvalue weighted by atomic mass is 32.1. The minimum Gasteiger partial charge on any atom is -0.377 e. The fraction of sp³-hybridized carbons (Fsp3) is 0.438. The topological polar surface area (TPSA) is 102 Å². The molecular weight excluding hydrogens is 358 g/mol. The number of rotatable bonds is 8. The molecule has 0 unspecified atom stereocenters. The molecule has 0 radical (unpaired) electrons. The molecule has 0 bridgehead atoms. The number of hydrogen-bond donors (Lipinski definition) is 3. The molecule has 9 heteroatoms. The summed E-state index contributed by atoms with van der Waals surface area (Å²) in [5, 5.41) is 8.33. The van der Waals surface area contributed by atoms with E-state index in [1.54, 1.807) is 11.3 Å². The van der Waals surface area contributed by atoms with Gasteiger partial charge in [0.15, 0.2) is 5.96 Å². The summed E-state index contributed by atoms with van der Waals surface area (Å²) >= 11 is 3.03. The summed E-state index contributed by atoms with van der Waals surface area (Å²) in [7, 11) is 0. The van der Waals surface area contributed by atoms with E-state index in [0.29, 0.717) is 30.8 Å². The minimum atomic E-state index is -0.0398. The zero-order valence-electron chi connectivity index (χ0n) is 14.5. The molecule has 2 aromatic heterocycles. The normalized spacial score (nSPS) is 11.8. The molecule has 25 heavy (non-hydrogen) atoms. The van der Waals surface area contributed by atoms with Crippen LogP contribution in [0.25, 0.3) is 10.6 Å². The van der Waals surface area contributed by atoms with Crippen LogP contribution in [0.4, 0.5) is 5.13 Å². The Hall–Kier alpha value is -1.97. The Morgan fingerprint density at radius 1 is 1.40 bits per heavy atom. The van der Waals surface area contributed by atoms with Crippen molar-refractivity contribution >= 4 is 39.7 Å². The standard InChI is InChI=1S/C16H23N5O2S2/c1-10(2)23-7-6-18-15(17)21-16-20-13(9-24-16)14-5-4-12(25-14)8-19-11(3)22/h4-5,9-10H,6-8H2,1-3H3,(H,19,22)(H3,17,18,20,21). The maximum atomic E-state index is 11.0. The predicted molar refractivity (Wildman–Crippen MR) is 103 cm³/mol. The van der Waals surface area contributed by atoms with Crippen molar-refractivity contribution < 1.29 is 9.53 Å². The molecule has 4 N–H and O–H groups in total. The van der Waals surface area contributed by atoms with E-state index in [1.165, 1.54) is 18.3 Å². The van der Waals surface area contributed by atoms with E-state index in [9.17, 15) is 4.79 Å². The maximum Gasteiger partial charge on any atom is 0.217 e. The number of carbonyl (C=O) groups excluding carboxylic acids is 1. The SMILES string of the molecule is CC(=O)NCc1ccc(-c2csc(/N=C(\N)NCCOC(C)C)n2)s1. The average Bonchev–Trinajstić information content (AvgIpc) is 3.18. The van der Waals surface area contributed by atoms with Crippen molar-refractivity contribution in [3.63, 3.8) is 0 Å². The molecule has 2 heterocycles. The number of aliphatic imine (C=N–C) groups is 1. The van der Waals surface area contributed by atoms with Gasteiger partial charge in [0.25, 0.3) is 0 Å². The second-order valence-corrected chi connectivity index (χ2v) is 7.54. The van der Waals surface area contributed by atoms with E-state index in [1.807, 2.05) is 31.4 Å². The van der Waals surface area contributed by atoms with Gasteiger partial charge in [-0.3, -0.25) is 4.79 Å². The van der Waals surface area contributed by atoms with Crippen molar-refractivity contribution in [3.05, 3.63) is 22.4 Å². The molecule has 0 spiro atoms. The van der Waals surface area contributed by atoms with Crippen molar-refractivity contribution in [1.29, 1.82) is 0 Å². The monoisotopic (exact) mass is 381 g/mol. The molecule has 0 saturated heterocycles. The van der Waals surface area contributed by atoms with Gasteiger partial charge in [-0.2, -0.15) is 4.99 Å². The zero-order valence-corrected chi connectivity index (χ0v) is 16.2. The molecule has 0 aliphatic carbocycles. The summed E-state index contributed by atoms with van der Waals surface area (Å²) in [5.41, 5.74) is 6.71. The third-order valence-corrected chi connectivity index (χ3v) is 4.84. The van der Waals surface area contributed by atoms with Crippen LogP contribution >= 0.6 is 22.7 Å². The van der Waals surface area contributed by atoms with E-state index in [2.05, 4.69) is 20.6 Å².